The molecule has 0 amide bonds. The van der Waals surface area contributed by atoms with E-state index >= 15 is 0 Å². The number of nitrogens with zero attached hydrogens (tertiary/aromatic N) is 3. The summed E-state index contributed by atoms with van der Waals surface area (Å²) in [6, 6.07) is 60.8. The van der Waals surface area contributed by atoms with Crippen LogP contribution < -0.4 is 0 Å². The summed E-state index contributed by atoms with van der Waals surface area (Å²) in [6.45, 7) is 0. The third kappa shape index (κ3) is 4.06. The van der Waals surface area contributed by atoms with Crippen LogP contribution in [0.5, 0.6) is 0 Å². The number of benzene rings is 6. The van der Waals surface area contributed by atoms with Crippen LogP contribution in [0.4, 0.5) is 0 Å². The van der Waals surface area contributed by atoms with E-state index in [1.54, 1.807) is 6.20 Å². The van der Waals surface area contributed by atoms with Crippen LogP contribution in [0, 0.1) is 0 Å². The first kappa shape index (κ1) is 27.6. The normalized spacial score (nSPS) is 13.1. The van der Waals surface area contributed by atoms with Crippen molar-refractivity contribution in [1.29, 1.82) is 0 Å². The van der Waals surface area contributed by atoms with E-state index in [9.17, 15) is 0 Å². The molecule has 0 unspecified atom stereocenters. The highest BCUT2D eigenvalue weighted by Gasteiger charge is 2.52. The van der Waals surface area contributed by atoms with Crippen LogP contribution in [0.2, 0.25) is 0 Å². The van der Waals surface area contributed by atoms with E-state index in [1.165, 1.54) is 55.6 Å². The van der Waals surface area contributed by atoms with Gasteiger partial charge in [0.2, 0.25) is 0 Å². The quantitative estimate of drug-likeness (QED) is 0.196. The fourth-order valence-corrected chi connectivity index (χ4v) is 8.18. The Hall–Kier alpha value is -6.45. The maximum Gasteiger partial charge on any atom is 0.179 e. The average Bonchev–Trinajstić information content (AvgIpc) is 3.66. The Morgan fingerprint density at radius 2 is 0.837 bits per heavy atom. The van der Waals surface area contributed by atoms with Crippen LogP contribution in [0.15, 0.2) is 176 Å². The van der Waals surface area contributed by atoms with Gasteiger partial charge >= 0.3 is 0 Å². The Morgan fingerprint density at radius 3 is 1.45 bits per heavy atom. The van der Waals surface area contributed by atoms with Gasteiger partial charge in [-0.25, -0.2) is 9.97 Å². The third-order valence-electron chi connectivity index (χ3n) is 10.2. The van der Waals surface area contributed by atoms with Crippen LogP contribution in [-0.4, -0.2) is 15.0 Å². The van der Waals surface area contributed by atoms with E-state index in [0.717, 1.165) is 28.2 Å². The lowest BCUT2D eigenvalue weighted by atomic mass is 9.68. The van der Waals surface area contributed by atoms with Gasteiger partial charge in [0.1, 0.15) is 5.69 Å². The largest absolute Gasteiger partial charge is 0.253 e. The van der Waals surface area contributed by atoms with E-state index in [4.69, 9.17) is 9.97 Å². The van der Waals surface area contributed by atoms with Crippen LogP contribution in [-0.2, 0) is 5.41 Å². The molecule has 0 bridgehead atoms. The second kappa shape index (κ2) is 10.8. The zero-order chi connectivity index (χ0) is 32.4. The molecule has 49 heavy (non-hydrogen) atoms. The van der Waals surface area contributed by atoms with Gasteiger partial charge in [-0.05, 0) is 73.8 Å². The van der Waals surface area contributed by atoms with Crippen LogP contribution >= 0.6 is 0 Å². The van der Waals surface area contributed by atoms with Crippen molar-refractivity contribution in [3.05, 3.63) is 198 Å². The molecule has 0 atom stereocenters. The lowest BCUT2D eigenvalue weighted by molar-refractivity contribution is 0.796. The van der Waals surface area contributed by atoms with Gasteiger partial charge < -0.3 is 0 Å². The number of hydrogen-bond acceptors (Lipinski definition) is 3. The van der Waals surface area contributed by atoms with Crippen molar-refractivity contribution in [3.8, 4) is 67.4 Å². The first-order valence-corrected chi connectivity index (χ1v) is 16.7. The molecular weight excluding hydrogens is 595 g/mol. The summed E-state index contributed by atoms with van der Waals surface area (Å²) < 4.78 is 0. The van der Waals surface area contributed by atoms with Gasteiger partial charge in [0.15, 0.2) is 5.82 Å². The number of aromatic nitrogens is 3. The highest BCUT2D eigenvalue weighted by molar-refractivity contribution is 5.98. The second-order valence-electron chi connectivity index (χ2n) is 12.7. The van der Waals surface area contributed by atoms with Crippen molar-refractivity contribution in [2.75, 3.05) is 0 Å². The van der Waals surface area contributed by atoms with E-state index in [-0.39, 0.29) is 0 Å². The summed E-state index contributed by atoms with van der Waals surface area (Å²) in [5, 5.41) is 0. The average molecular weight is 624 g/mol. The molecule has 1 spiro atoms. The van der Waals surface area contributed by atoms with Gasteiger partial charge in [0, 0.05) is 17.3 Å². The Bertz CT molecular complexity index is 2420. The first-order valence-electron chi connectivity index (χ1n) is 16.7. The molecule has 10 rings (SSSR count). The van der Waals surface area contributed by atoms with Crippen molar-refractivity contribution in [3.63, 3.8) is 0 Å². The van der Waals surface area contributed by atoms with Gasteiger partial charge in [-0.1, -0.05) is 152 Å². The molecule has 2 aliphatic carbocycles. The van der Waals surface area contributed by atoms with Gasteiger partial charge in [0.25, 0.3) is 0 Å². The Balaban J connectivity index is 1.16. The molecule has 0 fully saturated rings. The standard InChI is InChI=1S/C46H29N3/c1-2-13-31(14-3-1)42-29-43(49-45(48-42)41-23-10-11-28-47-41)32-26-24-30(25-27-32)33-18-12-19-37-36-17-6-9-22-40(36)46(44(33)37)38-20-7-4-15-34(38)35-16-5-8-21-39(35)46/h1-29H. The predicted molar refractivity (Wildman–Crippen MR) is 198 cm³/mol. The molecule has 6 aromatic carbocycles. The lowest BCUT2D eigenvalue weighted by Gasteiger charge is -2.32. The van der Waals surface area contributed by atoms with Crippen molar-refractivity contribution >= 4 is 0 Å². The molecular formula is C46H29N3. The highest BCUT2D eigenvalue weighted by Crippen LogP contribution is 2.64. The topological polar surface area (TPSA) is 38.7 Å². The smallest absolute Gasteiger partial charge is 0.179 e. The molecule has 3 heteroatoms. The van der Waals surface area contributed by atoms with Crippen molar-refractivity contribution in [1.82, 2.24) is 15.0 Å². The van der Waals surface area contributed by atoms with Gasteiger partial charge in [0.05, 0.1) is 16.8 Å². The molecule has 0 radical (unpaired) electrons. The molecule has 2 heterocycles. The van der Waals surface area contributed by atoms with Gasteiger partial charge in [-0.3, -0.25) is 4.98 Å². The maximum absolute atomic E-state index is 5.02. The summed E-state index contributed by atoms with van der Waals surface area (Å²) in [6.07, 6.45) is 1.78. The number of rotatable bonds is 4. The van der Waals surface area contributed by atoms with E-state index in [2.05, 4.69) is 138 Å². The summed E-state index contributed by atoms with van der Waals surface area (Å²) in [5.74, 6) is 0.611. The highest BCUT2D eigenvalue weighted by atomic mass is 14.9. The molecule has 0 aliphatic heterocycles. The molecule has 228 valence electrons. The minimum Gasteiger partial charge on any atom is -0.253 e. The minimum absolute atomic E-state index is 0.400. The van der Waals surface area contributed by atoms with Crippen LogP contribution in [0.3, 0.4) is 0 Å². The summed E-state index contributed by atoms with van der Waals surface area (Å²) in [4.78, 5) is 14.5. The van der Waals surface area contributed by atoms with Crippen molar-refractivity contribution < 1.29 is 0 Å². The molecule has 0 saturated carbocycles. The Labute approximate surface area is 285 Å². The van der Waals surface area contributed by atoms with Crippen molar-refractivity contribution in [2.45, 2.75) is 5.41 Å². The lowest BCUT2D eigenvalue weighted by Crippen LogP contribution is -2.26. The van der Waals surface area contributed by atoms with Gasteiger partial charge in [-0.2, -0.15) is 0 Å². The molecule has 0 N–H and O–H groups in total. The van der Waals surface area contributed by atoms with Crippen LogP contribution in [0.25, 0.3) is 67.4 Å². The first-order chi connectivity index (χ1) is 24.3. The van der Waals surface area contributed by atoms with E-state index < -0.39 is 5.41 Å². The summed E-state index contributed by atoms with van der Waals surface area (Å²) in [7, 11) is 0. The predicted octanol–water partition coefficient (Wildman–Crippen LogP) is 10.9. The Kier molecular flexibility index (Phi) is 6.09. The SMILES string of the molecule is c1ccc(-c2cc(-c3ccc(-c4cccc5c4C4(c6ccccc6-c6ccccc64)c4ccccc4-5)cc3)nc(-c3ccccn3)n2)cc1. The molecule has 3 nitrogen and oxygen atoms in total. The van der Waals surface area contributed by atoms with E-state index in [1.807, 2.05) is 36.4 Å². The van der Waals surface area contributed by atoms with Crippen LogP contribution in [0.1, 0.15) is 22.3 Å². The third-order valence-corrected chi connectivity index (χ3v) is 10.2. The fraction of sp³-hybridized carbons (Fsp3) is 0.0217. The fourth-order valence-electron chi connectivity index (χ4n) is 8.18. The summed E-state index contributed by atoms with van der Waals surface area (Å²) >= 11 is 0. The molecule has 0 saturated heterocycles. The van der Waals surface area contributed by atoms with Crippen molar-refractivity contribution in [2.24, 2.45) is 0 Å². The monoisotopic (exact) mass is 623 g/mol. The number of fused-ring (bicyclic) bond motifs is 10. The van der Waals surface area contributed by atoms with E-state index in [0.29, 0.717) is 5.82 Å². The zero-order valence-corrected chi connectivity index (χ0v) is 26.6. The maximum atomic E-state index is 5.02. The molecule has 8 aromatic rings. The molecule has 2 aromatic heterocycles. The molecule has 2 aliphatic rings. The number of pyridine rings is 1. The second-order valence-corrected chi connectivity index (χ2v) is 12.7. The number of hydrogen-bond donors (Lipinski definition) is 0. The van der Waals surface area contributed by atoms with Gasteiger partial charge in [-0.15, -0.1) is 0 Å². The minimum atomic E-state index is -0.400. The summed E-state index contributed by atoms with van der Waals surface area (Å²) in [5.41, 5.74) is 17.2. The zero-order valence-electron chi connectivity index (χ0n) is 26.6. The Morgan fingerprint density at radius 1 is 0.347 bits per heavy atom.